The van der Waals surface area contributed by atoms with Gasteiger partial charge in [0.25, 0.3) is 5.56 Å². The van der Waals surface area contributed by atoms with Gasteiger partial charge in [0.05, 0.1) is 5.56 Å². The molecule has 2 aromatic rings. The van der Waals surface area contributed by atoms with Crippen LogP contribution in [-0.2, 0) is 6.54 Å². The van der Waals surface area contributed by atoms with Gasteiger partial charge in [-0.15, -0.1) is 0 Å². The van der Waals surface area contributed by atoms with E-state index in [0.29, 0.717) is 6.42 Å². The molecule has 1 aromatic carbocycles. The van der Waals surface area contributed by atoms with Crippen LogP contribution in [0.2, 0.25) is 0 Å². The number of ketones is 1. The molecule has 6 nitrogen and oxygen atoms in total. The van der Waals surface area contributed by atoms with Crippen LogP contribution in [0.5, 0.6) is 11.6 Å². The second kappa shape index (κ2) is 9.18. The number of carbonyl (C=O) groups excluding carboxylic acids is 1. The summed E-state index contributed by atoms with van der Waals surface area (Å²) in [5.74, 6) is -1.17. The molecule has 0 spiro atoms. The van der Waals surface area contributed by atoms with Gasteiger partial charge in [0.15, 0.2) is 6.10 Å². The Hall–Kier alpha value is -3.14. The molecule has 0 radical (unpaired) electrons. The Balaban J connectivity index is 2.43. The van der Waals surface area contributed by atoms with E-state index in [1.807, 2.05) is 13.0 Å². The van der Waals surface area contributed by atoms with E-state index in [2.05, 4.69) is 0 Å². The Morgan fingerprint density at radius 2 is 1.96 bits per heavy atom. The van der Waals surface area contributed by atoms with Crippen LogP contribution in [0.25, 0.3) is 0 Å². The summed E-state index contributed by atoms with van der Waals surface area (Å²) in [5, 5.41) is 20.0. The minimum Gasteiger partial charge on any atom is -0.494 e. The number of aromatic nitrogens is 1. The van der Waals surface area contributed by atoms with Crippen molar-refractivity contribution >= 4 is 5.78 Å². The summed E-state index contributed by atoms with van der Waals surface area (Å²) in [7, 11) is 0. The number of rotatable bonds is 8. The molecular weight excluding hydrogens is 363 g/mol. The van der Waals surface area contributed by atoms with Gasteiger partial charge in [-0.2, -0.15) is 5.26 Å². The van der Waals surface area contributed by atoms with Crippen LogP contribution < -0.4 is 10.3 Å². The Bertz CT molecular complexity index is 958. The molecule has 1 unspecified atom stereocenters. The highest BCUT2D eigenvalue weighted by Gasteiger charge is 2.28. The molecule has 1 heterocycles. The molecule has 7 heteroatoms. The number of aromatic hydroxyl groups is 1. The van der Waals surface area contributed by atoms with Crippen molar-refractivity contribution in [3.8, 4) is 17.7 Å². The van der Waals surface area contributed by atoms with Crippen molar-refractivity contribution in [1.82, 2.24) is 4.57 Å². The first kappa shape index (κ1) is 21.2. The first-order valence-corrected chi connectivity index (χ1v) is 9.14. The zero-order valence-corrected chi connectivity index (χ0v) is 16.2. The van der Waals surface area contributed by atoms with E-state index < -0.39 is 29.1 Å². The molecule has 1 atom stereocenters. The van der Waals surface area contributed by atoms with Gasteiger partial charge in [-0.1, -0.05) is 19.8 Å². The smallest absolute Gasteiger partial charge is 0.271 e. The maximum Gasteiger partial charge on any atom is 0.271 e. The SMILES string of the molecule is CCCCCn1c(O)c(C(=O)C(C)Oc2ccc(F)cc2)c(C)c(C#N)c1=O. The average molecular weight is 386 g/mol. The topological polar surface area (TPSA) is 92.3 Å². The number of Topliss-reactive ketones (excluding diaryl/α,β-unsaturated/α-hetero) is 1. The van der Waals surface area contributed by atoms with Crippen LogP contribution in [0.4, 0.5) is 4.39 Å². The fourth-order valence-corrected chi connectivity index (χ4v) is 2.95. The molecule has 28 heavy (non-hydrogen) atoms. The van der Waals surface area contributed by atoms with E-state index in [0.717, 1.165) is 17.4 Å². The summed E-state index contributed by atoms with van der Waals surface area (Å²) in [6.07, 6.45) is 1.38. The highest BCUT2D eigenvalue weighted by atomic mass is 19.1. The predicted octanol–water partition coefficient (Wildman–Crippen LogP) is 3.71. The van der Waals surface area contributed by atoms with Gasteiger partial charge in [-0.3, -0.25) is 14.2 Å². The number of nitrogens with zero attached hydrogens (tertiary/aromatic N) is 2. The lowest BCUT2D eigenvalue weighted by Gasteiger charge is -2.19. The van der Waals surface area contributed by atoms with Crippen LogP contribution >= 0.6 is 0 Å². The summed E-state index contributed by atoms with van der Waals surface area (Å²) in [6.45, 7) is 5.15. The van der Waals surface area contributed by atoms with Crippen molar-refractivity contribution in [1.29, 1.82) is 5.26 Å². The average Bonchev–Trinajstić information content (AvgIpc) is 2.66. The minimum atomic E-state index is -1.01. The Morgan fingerprint density at radius 1 is 1.32 bits per heavy atom. The van der Waals surface area contributed by atoms with Gasteiger partial charge >= 0.3 is 0 Å². The molecule has 1 N–H and O–H groups in total. The van der Waals surface area contributed by atoms with Crippen LogP contribution in [0.1, 0.15) is 54.6 Å². The summed E-state index contributed by atoms with van der Waals surface area (Å²) >= 11 is 0. The Labute approximate surface area is 162 Å². The minimum absolute atomic E-state index is 0.109. The number of benzene rings is 1. The highest BCUT2D eigenvalue weighted by molar-refractivity contribution is 6.03. The van der Waals surface area contributed by atoms with E-state index in [4.69, 9.17) is 4.74 Å². The van der Waals surface area contributed by atoms with Gasteiger partial charge in [0, 0.05) is 6.54 Å². The van der Waals surface area contributed by atoms with Crippen molar-refractivity contribution in [3.63, 3.8) is 0 Å². The Kier molecular flexibility index (Phi) is 6.94. The molecular formula is C21H23FN2O4. The van der Waals surface area contributed by atoms with E-state index in [-0.39, 0.29) is 29.0 Å². The number of nitriles is 1. The zero-order chi connectivity index (χ0) is 20.8. The molecule has 0 saturated heterocycles. The third-order valence-electron chi connectivity index (χ3n) is 4.53. The summed E-state index contributed by atoms with van der Waals surface area (Å²) < 4.78 is 19.6. The van der Waals surface area contributed by atoms with Gasteiger partial charge in [0.2, 0.25) is 11.7 Å². The van der Waals surface area contributed by atoms with E-state index in [1.54, 1.807) is 0 Å². The predicted molar refractivity (Wildman–Crippen MR) is 102 cm³/mol. The zero-order valence-electron chi connectivity index (χ0n) is 16.2. The van der Waals surface area contributed by atoms with Crippen molar-refractivity contribution in [2.45, 2.75) is 52.7 Å². The molecule has 148 valence electrons. The first-order chi connectivity index (χ1) is 13.3. The molecule has 0 amide bonds. The van der Waals surface area contributed by atoms with E-state index in [9.17, 15) is 24.3 Å². The molecule has 1 aromatic heterocycles. The van der Waals surface area contributed by atoms with Crippen LogP contribution in [0, 0.1) is 24.1 Å². The summed E-state index contributed by atoms with van der Waals surface area (Å²) in [5.41, 5.74) is -0.776. The largest absolute Gasteiger partial charge is 0.494 e. The van der Waals surface area contributed by atoms with Crippen LogP contribution in [0.3, 0.4) is 0 Å². The molecule has 0 saturated carbocycles. The lowest BCUT2D eigenvalue weighted by molar-refractivity contribution is 0.0812. The normalized spacial score (nSPS) is 11.7. The lowest BCUT2D eigenvalue weighted by atomic mass is 9.99. The van der Waals surface area contributed by atoms with Crippen molar-refractivity contribution in [2.24, 2.45) is 0 Å². The van der Waals surface area contributed by atoms with Gasteiger partial charge in [0.1, 0.15) is 23.2 Å². The second-order valence-electron chi connectivity index (χ2n) is 6.55. The standard InChI is InChI=1S/C21H23FN2O4/c1-4-5-6-11-24-20(26)17(12-23)13(2)18(21(24)27)19(25)14(3)28-16-9-7-15(22)8-10-16/h7-10,14,27H,4-6,11H2,1-3H3. The number of hydrogen-bond donors (Lipinski definition) is 1. The van der Waals surface area contributed by atoms with E-state index >= 15 is 0 Å². The van der Waals surface area contributed by atoms with Crippen LogP contribution in [-0.4, -0.2) is 21.6 Å². The third kappa shape index (κ3) is 4.39. The number of carbonyl (C=O) groups is 1. The van der Waals surface area contributed by atoms with Crippen molar-refractivity contribution in [2.75, 3.05) is 0 Å². The number of unbranched alkanes of at least 4 members (excludes halogenated alkanes) is 2. The third-order valence-corrected chi connectivity index (χ3v) is 4.53. The molecule has 0 bridgehead atoms. The first-order valence-electron chi connectivity index (χ1n) is 9.14. The van der Waals surface area contributed by atoms with Gasteiger partial charge in [-0.05, 0) is 50.1 Å². The van der Waals surface area contributed by atoms with Crippen molar-refractivity contribution < 1.29 is 19.0 Å². The number of hydrogen-bond acceptors (Lipinski definition) is 5. The second-order valence-corrected chi connectivity index (χ2v) is 6.55. The number of pyridine rings is 1. The number of halogens is 1. The van der Waals surface area contributed by atoms with E-state index in [1.165, 1.54) is 38.1 Å². The molecule has 0 aliphatic heterocycles. The van der Waals surface area contributed by atoms with Crippen molar-refractivity contribution in [3.05, 3.63) is 57.1 Å². The van der Waals surface area contributed by atoms with Gasteiger partial charge in [-0.25, -0.2) is 4.39 Å². The molecule has 0 aliphatic carbocycles. The Morgan fingerprint density at radius 3 is 2.54 bits per heavy atom. The number of ether oxygens (including phenoxy) is 1. The quantitative estimate of drug-likeness (QED) is 0.551. The fraction of sp³-hybridized carbons (Fsp3) is 0.381. The monoisotopic (exact) mass is 386 g/mol. The van der Waals surface area contributed by atoms with Crippen LogP contribution in [0.15, 0.2) is 29.1 Å². The van der Waals surface area contributed by atoms with Gasteiger partial charge < -0.3 is 9.84 Å². The summed E-state index contributed by atoms with van der Waals surface area (Å²) in [6, 6.07) is 7.02. The fourth-order valence-electron chi connectivity index (χ4n) is 2.95. The molecule has 0 aliphatic rings. The highest BCUT2D eigenvalue weighted by Crippen LogP contribution is 2.25. The molecule has 2 rings (SSSR count). The summed E-state index contributed by atoms with van der Waals surface area (Å²) in [4.78, 5) is 25.4. The lowest BCUT2D eigenvalue weighted by Crippen LogP contribution is -2.30. The maximum absolute atomic E-state index is 13.0. The molecule has 0 fully saturated rings. The maximum atomic E-state index is 13.0.